The van der Waals surface area contributed by atoms with Gasteiger partial charge in [-0.05, 0) is 6.07 Å². The standard InChI is InChI=1S/C12H22N4S/c1-15-12(3-5-14-15)2-4-13-6-7-16-8-10-17-11-9-16/h3,5,13H,2,4,6-11H2,1H3. The lowest BCUT2D eigenvalue weighted by Crippen LogP contribution is -2.38. The molecule has 0 radical (unpaired) electrons. The molecule has 2 rings (SSSR count). The van der Waals surface area contributed by atoms with E-state index in [1.54, 1.807) is 0 Å². The molecule has 0 spiro atoms. The summed E-state index contributed by atoms with van der Waals surface area (Å²) in [5.41, 5.74) is 1.30. The average molecular weight is 254 g/mol. The fourth-order valence-electron chi connectivity index (χ4n) is 2.05. The summed E-state index contributed by atoms with van der Waals surface area (Å²) in [4.78, 5) is 2.55. The Hall–Kier alpha value is -0.520. The third-order valence-electron chi connectivity index (χ3n) is 3.19. The van der Waals surface area contributed by atoms with Crippen molar-refractivity contribution in [2.24, 2.45) is 7.05 Å². The Balaban J connectivity index is 1.53. The molecule has 1 saturated heterocycles. The summed E-state index contributed by atoms with van der Waals surface area (Å²) in [6, 6.07) is 2.09. The highest BCUT2D eigenvalue weighted by molar-refractivity contribution is 7.99. The molecule has 1 aliphatic heterocycles. The van der Waals surface area contributed by atoms with Crippen LogP contribution in [-0.2, 0) is 13.5 Å². The van der Waals surface area contributed by atoms with Crippen molar-refractivity contribution in [1.82, 2.24) is 20.0 Å². The molecular formula is C12H22N4S. The van der Waals surface area contributed by atoms with Crippen LogP contribution in [0.5, 0.6) is 0 Å². The van der Waals surface area contributed by atoms with E-state index in [-0.39, 0.29) is 0 Å². The van der Waals surface area contributed by atoms with Crippen LogP contribution in [0.3, 0.4) is 0 Å². The van der Waals surface area contributed by atoms with Crippen LogP contribution in [-0.4, -0.2) is 58.9 Å². The fraction of sp³-hybridized carbons (Fsp3) is 0.750. The van der Waals surface area contributed by atoms with Crippen molar-refractivity contribution in [2.75, 3.05) is 44.2 Å². The first-order chi connectivity index (χ1) is 8.36. The van der Waals surface area contributed by atoms with Gasteiger partial charge in [0, 0.05) is 69.6 Å². The van der Waals surface area contributed by atoms with E-state index in [2.05, 4.69) is 33.1 Å². The first-order valence-corrected chi connectivity index (χ1v) is 7.49. The molecule has 17 heavy (non-hydrogen) atoms. The maximum absolute atomic E-state index is 4.17. The lowest BCUT2D eigenvalue weighted by atomic mass is 10.3. The Bertz CT molecular complexity index is 320. The molecule has 1 aliphatic rings. The molecule has 1 aromatic rings. The van der Waals surface area contributed by atoms with Gasteiger partial charge in [-0.3, -0.25) is 4.68 Å². The van der Waals surface area contributed by atoms with Gasteiger partial charge in [-0.25, -0.2) is 0 Å². The predicted molar refractivity (Wildman–Crippen MR) is 73.5 cm³/mol. The Morgan fingerprint density at radius 1 is 1.35 bits per heavy atom. The molecule has 0 saturated carbocycles. The zero-order valence-electron chi connectivity index (χ0n) is 10.6. The molecular weight excluding hydrogens is 232 g/mol. The molecule has 0 unspecified atom stereocenters. The van der Waals surface area contributed by atoms with E-state index in [1.165, 1.54) is 36.8 Å². The number of nitrogens with one attached hydrogen (secondary N) is 1. The molecule has 0 aliphatic carbocycles. The molecule has 0 atom stereocenters. The molecule has 5 heteroatoms. The van der Waals surface area contributed by atoms with Gasteiger partial charge < -0.3 is 10.2 Å². The fourth-order valence-corrected chi connectivity index (χ4v) is 3.03. The maximum atomic E-state index is 4.17. The van der Waals surface area contributed by atoms with Gasteiger partial charge in [0.25, 0.3) is 0 Å². The van der Waals surface area contributed by atoms with Crippen molar-refractivity contribution in [3.8, 4) is 0 Å². The molecule has 4 nitrogen and oxygen atoms in total. The highest BCUT2D eigenvalue weighted by atomic mass is 32.2. The number of aryl methyl sites for hydroxylation is 1. The number of aromatic nitrogens is 2. The van der Waals surface area contributed by atoms with Crippen LogP contribution in [0.2, 0.25) is 0 Å². The smallest absolute Gasteiger partial charge is 0.0492 e. The van der Waals surface area contributed by atoms with Crippen molar-refractivity contribution in [2.45, 2.75) is 6.42 Å². The van der Waals surface area contributed by atoms with E-state index in [9.17, 15) is 0 Å². The van der Waals surface area contributed by atoms with Gasteiger partial charge in [-0.1, -0.05) is 0 Å². The Morgan fingerprint density at radius 3 is 2.88 bits per heavy atom. The number of thioether (sulfide) groups is 1. The van der Waals surface area contributed by atoms with E-state index in [0.29, 0.717) is 0 Å². The summed E-state index contributed by atoms with van der Waals surface area (Å²) in [6.07, 6.45) is 2.92. The van der Waals surface area contributed by atoms with Gasteiger partial charge >= 0.3 is 0 Å². The zero-order chi connectivity index (χ0) is 11.9. The monoisotopic (exact) mass is 254 g/mol. The predicted octanol–water partition coefficient (Wildman–Crippen LogP) is 0.601. The second-order valence-electron chi connectivity index (χ2n) is 4.40. The van der Waals surface area contributed by atoms with E-state index in [1.807, 2.05) is 17.9 Å². The zero-order valence-corrected chi connectivity index (χ0v) is 11.4. The second-order valence-corrected chi connectivity index (χ2v) is 5.62. The topological polar surface area (TPSA) is 33.1 Å². The van der Waals surface area contributed by atoms with Crippen molar-refractivity contribution in [1.29, 1.82) is 0 Å². The number of hydrogen-bond donors (Lipinski definition) is 1. The second kappa shape index (κ2) is 7.03. The Morgan fingerprint density at radius 2 is 2.18 bits per heavy atom. The molecule has 0 bridgehead atoms. The molecule has 0 amide bonds. The largest absolute Gasteiger partial charge is 0.315 e. The first kappa shape index (κ1) is 12.9. The quantitative estimate of drug-likeness (QED) is 0.754. The van der Waals surface area contributed by atoms with Crippen LogP contribution < -0.4 is 5.32 Å². The minimum Gasteiger partial charge on any atom is -0.315 e. The SMILES string of the molecule is Cn1nccc1CCNCCN1CCSCC1. The molecule has 1 N–H and O–H groups in total. The van der Waals surface area contributed by atoms with Crippen LogP contribution in [0, 0.1) is 0 Å². The van der Waals surface area contributed by atoms with Gasteiger partial charge in [-0.15, -0.1) is 0 Å². The number of rotatable bonds is 6. The maximum Gasteiger partial charge on any atom is 0.0492 e. The van der Waals surface area contributed by atoms with Gasteiger partial charge in [-0.2, -0.15) is 16.9 Å². The third kappa shape index (κ3) is 4.33. The Kier molecular flexibility index (Phi) is 5.35. The normalized spacial score (nSPS) is 17.5. The van der Waals surface area contributed by atoms with Crippen molar-refractivity contribution in [3.05, 3.63) is 18.0 Å². The van der Waals surface area contributed by atoms with E-state index >= 15 is 0 Å². The lowest BCUT2D eigenvalue weighted by molar-refractivity contribution is 0.301. The summed E-state index contributed by atoms with van der Waals surface area (Å²) in [5.74, 6) is 2.60. The van der Waals surface area contributed by atoms with Crippen LogP contribution in [0.15, 0.2) is 12.3 Å². The van der Waals surface area contributed by atoms with E-state index < -0.39 is 0 Å². The van der Waals surface area contributed by atoms with Crippen molar-refractivity contribution >= 4 is 11.8 Å². The lowest BCUT2D eigenvalue weighted by Gasteiger charge is -2.26. The summed E-state index contributed by atoms with van der Waals surface area (Å²) >= 11 is 2.07. The van der Waals surface area contributed by atoms with Crippen LogP contribution >= 0.6 is 11.8 Å². The van der Waals surface area contributed by atoms with Crippen LogP contribution in [0.25, 0.3) is 0 Å². The summed E-state index contributed by atoms with van der Waals surface area (Å²) in [7, 11) is 2.00. The Labute approximate surface area is 108 Å². The minimum absolute atomic E-state index is 1.04. The molecule has 1 aromatic heterocycles. The van der Waals surface area contributed by atoms with Crippen LogP contribution in [0.4, 0.5) is 0 Å². The first-order valence-electron chi connectivity index (χ1n) is 6.34. The molecule has 96 valence electrons. The van der Waals surface area contributed by atoms with Crippen LogP contribution in [0.1, 0.15) is 5.69 Å². The number of nitrogens with zero attached hydrogens (tertiary/aromatic N) is 3. The van der Waals surface area contributed by atoms with E-state index in [0.717, 1.165) is 19.5 Å². The highest BCUT2D eigenvalue weighted by Crippen LogP contribution is 2.07. The number of hydrogen-bond acceptors (Lipinski definition) is 4. The molecule has 0 aromatic carbocycles. The van der Waals surface area contributed by atoms with Gasteiger partial charge in [0.15, 0.2) is 0 Å². The van der Waals surface area contributed by atoms with Gasteiger partial charge in [0.2, 0.25) is 0 Å². The van der Waals surface area contributed by atoms with Crippen molar-refractivity contribution in [3.63, 3.8) is 0 Å². The van der Waals surface area contributed by atoms with E-state index in [4.69, 9.17) is 0 Å². The summed E-state index contributed by atoms with van der Waals surface area (Å²) < 4.78 is 1.95. The van der Waals surface area contributed by atoms with Crippen molar-refractivity contribution < 1.29 is 0 Å². The highest BCUT2D eigenvalue weighted by Gasteiger charge is 2.08. The molecule has 1 fully saturated rings. The third-order valence-corrected chi connectivity index (χ3v) is 4.13. The summed E-state index contributed by atoms with van der Waals surface area (Å²) in [6.45, 7) is 5.85. The minimum atomic E-state index is 1.04. The summed E-state index contributed by atoms with van der Waals surface area (Å²) in [5, 5.41) is 7.68. The average Bonchev–Trinajstić information content (AvgIpc) is 2.76. The van der Waals surface area contributed by atoms with Gasteiger partial charge in [0.05, 0.1) is 0 Å². The van der Waals surface area contributed by atoms with Gasteiger partial charge in [0.1, 0.15) is 0 Å². The molecule has 2 heterocycles.